The summed E-state index contributed by atoms with van der Waals surface area (Å²) in [6.07, 6.45) is 0. The van der Waals surface area contributed by atoms with Crippen LogP contribution < -0.4 is 4.90 Å². The van der Waals surface area contributed by atoms with E-state index in [-0.39, 0.29) is 5.41 Å². The molecule has 0 spiro atoms. The summed E-state index contributed by atoms with van der Waals surface area (Å²) in [7, 11) is 0. The van der Waals surface area contributed by atoms with Gasteiger partial charge in [0.15, 0.2) is 0 Å². The van der Waals surface area contributed by atoms with Crippen molar-refractivity contribution < 1.29 is 0 Å². The van der Waals surface area contributed by atoms with Crippen molar-refractivity contribution in [1.29, 1.82) is 0 Å². The Hall–Kier alpha value is -8.00. The third-order valence-electron chi connectivity index (χ3n) is 14.2. The number of benzene rings is 10. The van der Waals surface area contributed by atoms with E-state index in [2.05, 4.69) is 267 Å². The molecular formula is C64H47N. The first kappa shape index (κ1) is 38.7. The van der Waals surface area contributed by atoms with Gasteiger partial charge in [-0.25, -0.2) is 0 Å². The molecule has 1 heteroatoms. The second-order valence-corrected chi connectivity index (χ2v) is 18.0. The number of anilines is 3. The van der Waals surface area contributed by atoms with Gasteiger partial charge in [-0.3, -0.25) is 0 Å². The van der Waals surface area contributed by atoms with E-state index in [1.54, 1.807) is 0 Å². The van der Waals surface area contributed by atoms with Crippen molar-refractivity contribution in [3.05, 3.63) is 282 Å². The second kappa shape index (κ2) is 15.4. The minimum atomic E-state index is -0.542. The average Bonchev–Trinajstić information content (AvgIpc) is 3.81. The maximum atomic E-state index is 2.58. The van der Waals surface area contributed by atoms with Gasteiger partial charge in [-0.05, 0) is 102 Å². The largest absolute Gasteiger partial charge is 0.309 e. The Morgan fingerprint density at radius 3 is 1.42 bits per heavy atom. The highest BCUT2D eigenvalue weighted by Gasteiger charge is 2.47. The second-order valence-electron chi connectivity index (χ2n) is 18.0. The molecule has 1 nitrogen and oxygen atoms in total. The van der Waals surface area contributed by atoms with Crippen LogP contribution in [-0.2, 0) is 10.8 Å². The first-order chi connectivity index (χ1) is 32.0. The lowest BCUT2D eigenvalue weighted by atomic mass is 9.68. The predicted octanol–water partition coefficient (Wildman–Crippen LogP) is 16.8. The molecule has 10 aromatic carbocycles. The maximum Gasteiger partial charge on any atom is 0.0714 e. The average molecular weight is 830 g/mol. The van der Waals surface area contributed by atoms with Crippen LogP contribution in [0.4, 0.5) is 17.1 Å². The maximum absolute atomic E-state index is 2.58. The van der Waals surface area contributed by atoms with Crippen LogP contribution in [0.3, 0.4) is 0 Å². The van der Waals surface area contributed by atoms with E-state index in [0.717, 1.165) is 22.6 Å². The van der Waals surface area contributed by atoms with E-state index in [4.69, 9.17) is 0 Å². The summed E-state index contributed by atoms with van der Waals surface area (Å²) in [6.45, 7) is 4.76. The van der Waals surface area contributed by atoms with Crippen LogP contribution in [0.2, 0.25) is 0 Å². The third kappa shape index (κ3) is 6.00. The number of hydrogen-bond acceptors (Lipinski definition) is 1. The van der Waals surface area contributed by atoms with Crippen LogP contribution in [-0.4, -0.2) is 0 Å². The molecule has 0 bridgehead atoms. The predicted molar refractivity (Wildman–Crippen MR) is 272 cm³/mol. The van der Waals surface area contributed by atoms with Gasteiger partial charge < -0.3 is 4.90 Å². The summed E-state index contributed by atoms with van der Waals surface area (Å²) in [5, 5.41) is 0. The van der Waals surface area contributed by atoms with Crippen molar-refractivity contribution >= 4 is 17.1 Å². The molecule has 0 saturated carbocycles. The van der Waals surface area contributed by atoms with Crippen molar-refractivity contribution in [2.45, 2.75) is 24.7 Å². The molecule has 2 aliphatic rings. The molecular weight excluding hydrogens is 783 g/mol. The van der Waals surface area contributed by atoms with Crippen LogP contribution in [0.1, 0.15) is 47.2 Å². The highest BCUT2D eigenvalue weighted by molar-refractivity contribution is 6.03. The van der Waals surface area contributed by atoms with E-state index in [9.17, 15) is 0 Å². The Labute approximate surface area is 382 Å². The zero-order valence-corrected chi connectivity index (χ0v) is 36.6. The standard InChI is InChI=1S/C64H47N/c1-63(2)55-32-17-15-29-52(55)53-42-41-50(43-58(53)63)65(59-35-19-31-51(46-23-9-4-10-24-46)61(59)47-39-37-45(38-40-47)44-21-7-3-8-22-44)60-36-20-34-57-62(60)54-30-16-18-33-56(54)64(57,48-25-11-5-12-26-48)49-27-13-6-14-28-49/h3-43H,1-2H3. The Morgan fingerprint density at radius 2 is 0.754 bits per heavy atom. The van der Waals surface area contributed by atoms with E-state index in [0.29, 0.717) is 0 Å². The van der Waals surface area contributed by atoms with Crippen molar-refractivity contribution in [3.8, 4) is 55.6 Å². The Morgan fingerprint density at radius 1 is 0.292 bits per heavy atom. The SMILES string of the molecule is CC1(C)c2ccccc2-c2ccc(N(c3cccc(-c4ccccc4)c3-c3ccc(-c4ccccc4)cc3)c3cccc4c3-c3ccccc3C4(c3ccccc3)c3ccccc3)cc21. The van der Waals surface area contributed by atoms with E-state index in [1.807, 2.05) is 0 Å². The molecule has 0 aromatic heterocycles. The molecule has 0 saturated heterocycles. The highest BCUT2D eigenvalue weighted by atomic mass is 15.1. The smallest absolute Gasteiger partial charge is 0.0714 e. The molecule has 0 atom stereocenters. The zero-order chi connectivity index (χ0) is 43.5. The molecule has 0 aliphatic heterocycles. The fourth-order valence-corrected chi connectivity index (χ4v) is 11.2. The monoisotopic (exact) mass is 829 g/mol. The molecule has 0 N–H and O–H groups in total. The molecule has 308 valence electrons. The van der Waals surface area contributed by atoms with Gasteiger partial charge in [-0.1, -0.05) is 238 Å². The van der Waals surface area contributed by atoms with Crippen molar-refractivity contribution in [2.24, 2.45) is 0 Å². The molecule has 2 aliphatic carbocycles. The number of nitrogens with zero attached hydrogens (tertiary/aromatic N) is 1. The van der Waals surface area contributed by atoms with Crippen molar-refractivity contribution in [3.63, 3.8) is 0 Å². The summed E-state index contributed by atoms with van der Waals surface area (Å²) in [5.74, 6) is 0. The van der Waals surface area contributed by atoms with Crippen LogP contribution in [0.15, 0.2) is 249 Å². The van der Waals surface area contributed by atoms with E-state index in [1.165, 1.54) is 83.5 Å². The van der Waals surface area contributed by atoms with E-state index >= 15 is 0 Å². The molecule has 12 rings (SSSR count). The van der Waals surface area contributed by atoms with Crippen LogP contribution in [0.5, 0.6) is 0 Å². The molecule has 10 aromatic rings. The number of hydrogen-bond donors (Lipinski definition) is 0. The fourth-order valence-electron chi connectivity index (χ4n) is 11.2. The number of rotatable bonds is 8. The van der Waals surface area contributed by atoms with Gasteiger partial charge in [0.05, 0.1) is 16.8 Å². The minimum absolute atomic E-state index is 0.184. The molecule has 0 amide bonds. The van der Waals surface area contributed by atoms with Crippen LogP contribution >= 0.6 is 0 Å². The molecule has 0 fully saturated rings. The van der Waals surface area contributed by atoms with Gasteiger partial charge >= 0.3 is 0 Å². The highest BCUT2D eigenvalue weighted by Crippen LogP contribution is 2.61. The van der Waals surface area contributed by atoms with Gasteiger partial charge in [0, 0.05) is 22.2 Å². The normalized spacial score (nSPS) is 13.6. The minimum Gasteiger partial charge on any atom is -0.309 e. The molecule has 0 unspecified atom stereocenters. The Kier molecular flexibility index (Phi) is 9.14. The quantitative estimate of drug-likeness (QED) is 0.147. The summed E-state index contributed by atoms with van der Waals surface area (Å²) >= 11 is 0. The fraction of sp³-hybridized carbons (Fsp3) is 0.0625. The van der Waals surface area contributed by atoms with Crippen LogP contribution in [0, 0.1) is 0 Å². The lowest BCUT2D eigenvalue weighted by Gasteiger charge is -2.35. The van der Waals surface area contributed by atoms with E-state index < -0.39 is 5.41 Å². The van der Waals surface area contributed by atoms with Crippen LogP contribution in [0.25, 0.3) is 55.6 Å². The van der Waals surface area contributed by atoms with Gasteiger partial charge in [0.25, 0.3) is 0 Å². The summed E-state index contributed by atoms with van der Waals surface area (Å²) in [6, 6.07) is 92.2. The Bertz CT molecular complexity index is 3330. The zero-order valence-electron chi connectivity index (χ0n) is 36.6. The number of fused-ring (bicyclic) bond motifs is 6. The first-order valence-corrected chi connectivity index (χ1v) is 22.8. The van der Waals surface area contributed by atoms with Gasteiger partial charge in [0.1, 0.15) is 0 Å². The summed E-state index contributed by atoms with van der Waals surface area (Å²) in [5.41, 5.74) is 22.7. The first-order valence-electron chi connectivity index (χ1n) is 22.8. The summed E-state index contributed by atoms with van der Waals surface area (Å²) in [4.78, 5) is 2.58. The summed E-state index contributed by atoms with van der Waals surface area (Å²) < 4.78 is 0. The van der Waals surface area contributed by atoms with Gasteiger partial charge in [0.2, 0.25) is 0 Å². The molecule has 65 heavy (non-hydrogen) atoms. The van der Waals surface area contributed by atoms with Gasteiger partial charge in [-0.2, -0.15) is 0 Å². The third-order valence-corrected chi connectivity index (χ3v) is 14.2. The molecule has 0 radical (unpaired) electrons. The topological polar surface area (TPSA) is 3.24 Å². The molecule has 0 heterocycles. The van der Waals surface area contributed by atoms with Crippen molar-refractivity contribution in [2.75, 3.05) is 4.90 Å². The van der Waals surface area contributed by atoms with Gasteiger partial charge in [-0.15, -0.1) is 0 Å². The lowest BCUT2D eigenvalue weighted by molar-refractivity contribution is 0.660. The Balaban J connectivity index is 1.18. The lowest BCUT2D eigenvalue weighted by Crippen LogP contribution is -2.28. The van der Waals surface area contributed by atoms with Crippen molar-refractivity contribution in [1.82, 2.24) is 0 Å².